The Bertz CT molecular complexity index is 909. The standard InChI is InChI=1S/C20H24N2O3S/c1-15-8-3-4-11-19(15)16(2)21-20(23)17-9-7-10-18(14-17)22-12-5-6-13-26(22,24)25/h3-4,7-11,14,16H,5-6,12-13H2,1-2H3,(H,21,23)/t16-/m0/s1. The molecule has 2 aromatic carbocycles. The van der Waals surface area contributed by atoms with E-state index < -0.39 is 10.0 Å². The minimum atomic E-state index is -3.29. The van der Waals surface area contributed by atoms with Gasteiger partial charge in [-0.3, -0.25) is 9.10 Å². The minimum Gasteiger partial charge on any atom is -0.346 e. The third-order valence-corrected chi connectivity index (χ3v) is 6.62. The molecule has 1 saturated heterocycles. The van der Waals surface area contributed by atoms with Gasteiger partial charge in [-0.05, 0) is 56.0 Å². The van der Waals surface area contributed by atoms with Crippen molar-refractivity contribution in [1.29, 1.82) is 0 Å². The number of rotatable bonds is 4. The molecule has 1 atom stereocenters. The summed E-state index contributed by atoms with van der Waals surface area (Å²) in [5.74, 6) is -0.0506. The van der Waals surface area contributed by atoms with Crippen LogP contribution in [0.3, 0.4) is 0 Å². The van der Waals surface area contributed by atoms with E-state index in [0.717, 1.165) is 17.5 Å². The van der Waals surface area contributed by atoms with Crippen LogP contribution in [0.2, 0.25) is 0 Å². The zero-order chi connectivity index (χ0) is 18.7. The van der Waals surface area contributed by atoms with Crippen LogP contribution in [-0.4, -0.2) is 26.6 Å². The van der Waals surface area contributed by atoms with Crippen molar-refractivity contribution < 1.29 is 13.2 Å². The van der Waals surface area contributed by atoms with Gasteiger partial charge in [0.25, 0.3) is 5.91 Å². The summed E-state index contributed by atoms with van der Waals surface area (Å²) in [5.41, 5.74) is 3.20. The normalized spacial score (nSPS) is 17.5. The van der Waals surface area contributed by atoms with E-state index in [1.54, 1.807) is 24.3 Å². The van der Waals surface area contributed by atoms with Crippen LogP contribution in [-0.2, 0) is 10.0 Å². The van der Waals surface area contributed by atoms with E-state index in [4.69, 9.17) is 0 Å². The lowest BCUT2D eigenvalue weighted by Crippen LogP contribution is -2.38. The van der Waals surface area contributed by atoms with Crippen molar-refractivity contribution in [2.45, 2.75) is 32.7 Å². The number of benzene rings is 2. The molecular weight excluding hydrogens is 348 g/mol. The molecule has 1 amide bonds. The summed E-state index contributed by atoms with van der Waals surface area (Å²) in [4.78, 5) is 12.7. The Morgan fingerprint density at radius 2 is 1.88 bits per heavy atom. The van der Waals surface area contributed by atoms with Crippen molar-refractivity contribution >= 4 is 21.6 Å². The maximum Gasteiger partial charge on any atom is 0.251 e. The Hall–Kier alpha value is -2.34. The molecule has 0 radical (unpaired) electrons. The Labute approximate surface area is 155 Å². The predicted molar refractivity (Wildman–Crippen MR) is 104 cm³/mol. The van der Waals surface area contributed by atoms with Crippen molar-refractivity contribution in [3.63, 3.8) is 0 Å². The van der Waals surface area contributed by atoms with Crippen LogP contribution < -0.4 is 9.62 Å². The van der Waals surface area contributed by atoms with E-state index in [0.29, 0.717) is 24.2 Å². The maximum atomic E-state index is 12.7. The molecule has 138 valence electrons. The van der Waals surface area contributed by atoms with E-state index >= 15 is 0 Å². The molecule has 0 unspecified atom stereocenters. The number of carbonyl (C=O) groups excluding carboxylic acids is 1. The number of sulfonamides is 1. The first-order valence-corrected chi connectivity index (χ1v) is 10.5. The Balaban J connectivity index is 1.79. The van der Waals surface area contributed by atoms with Crippen LogP contribution in [0.1, 0.15) is 47.3 Å². The lowest BCUT2D eigenvalue weighted by atomic mass is 10.0. The molecule has 6 heteroatoms. The molecule has 1 aliphatic heterocycles. The summed E-state index contributed by atoms with van der Waals surface area (Å²) in [7, 11) is -3.29. The first-order chi connectivity index (χ1) is 12.4. The van der Waals surface area contributed by atoms with Gasteiger partial charge in [-0.15, -0.1) is 0 Å². The van der Waals surface area contributed by atoms with Crippen LogP contribution in [0.5, 0.6) is 0 Å². The second-order valence-corrected chi connectivity index (χ2v) is 8.71. The van der Waals surface area contributed by atoms with Crippen LogP contribution in [0.25, 0.3) is 0 Å². The molecule has 0 bridgehead atoms. The number of anilines is 1. The zero-order valence-corrected chi connectivity index (χ0v) is 15.9. The lowest BCUT2D eigenvalue weighted by molar-refractivity contribution is 0.0940. The molecule has 1 aliphatic rings. The monoisotopic (exact) mass is 372 g/mol. The maximum absolute atomic E-state index is 12.7. The summed E-state index contributed by atoms with van der Waals surface area (Å²) < 4.78 is 26.0. The molecule has 3 rings (SSSR count). The number of aryl methyl sites for hydroxylation is 1. The van der Waals surface area contributed by atoms with Crippen molar-refractivity contribution in [3.8, 4) is 0 Å². The van der Waals surface area contributed by atoms with Gasteiger partial charge in [0.2, 0.25) is 10.0 Å². The smallest absolute Gasteiger partial charge is 0.251 e. The average molecular weight is 372 g/mol. The van der Waals surface area contributed by atoms with Gasteiger partial charge in [-0.2, -0.15) is 0 Å². The molecule has 1 heterocycles. The average Bonchev–Trinajstić information content (AvgIpc) is 2.61. The molecule has 0 spiro atoms. The summed E-state index contributed by atoms with van der Waals surface area (Å²) in [5, 5.41) is 3.00. The predicted octanol–water partition coefficient (Wildman–Crippen LogP) is 3.42. The molecular formula is C20H24N2O3S. The third kappa shape index (κ3) is 3.90. The fourth-order valence-electron chi connectivity index (χ4n) is 3.31. The molecule has 1 fully saturated rings. The van der Waals surface area contributed by atoms with E-state index in [1.165, 1.54) is 4.31 Å². The van der Waals surface area contributed by atoms with Crippen molar-refractivity contribution in [2.75, 3.05) is 16.6 Å². The molecule has 5 nitrogen and oxygen atoms in total. The number of nitrogens with one attached hydrogen (secondary N) is 1. The topological polar surface area (TPSA) is 66.5 Å². The summed E-state index contributed by atoms with van der Waals surface area (Å²) in [6.07, 6.45) is 1.52. The molecule has 2 aromatic rings. The van der Waals surface area contributed by atoms with Gasteiger partial charge >= 0.3 is 0 Å². The number of hydrogen-bond acceptors (Lipinski definition) is 3. The van der Waals surface area contributed by atoms with Crippen molar-refractivity contribution in [3.05, 3.63) is 65.2 Å². The van der Waals surface area contributed by atoms with Crippen LogP contribution in [0, 0.1) is 6.92 Å². The fourth-order valence-corrected chi connectivity index (χ4v) is 4.94. The van der Waals surface area contributed by atoms with Gasteiger partial charge in [0, 0.05) is 12.1 Å². The third-order valence-electron chi connectivity index (χ3n) is 4.75. The van der Waals surface area contributed by atoms with Gasteiger partial charge in [-0.1, -0.05) is 30.3 Å². The Morgan fingerprint density at radius 3 is 2.62 bits per heavy atom. The van der Waals surface area contributed by atoms with Gasteiger partial charge in [0.1, 0.15) is 0 Å². The van der Waals surface area contributed by atoms with Gasteiger partial charge < -0.3 is 5.32 Å². The highest BCUT2D eigenvalue weighted by Gasteiger charge is 2.26. The summed E-state index contributed by atoms with van der Waals surface area (Å²) in [6, 6.07) is 14.6. The van der Waals surface area contributed by atoms with E-state index in [9.17, 15) is 13.2 Å². The first kappa shape index (κ1) is 18.5. The second-order valence-electron chi connectivity index (χ2n) is 6.70. The lowest BCUT2D eigenvalue weighted by Gasteiger charge is -2.28. The van der Waals surface area contributed by atoms with Crippen molar-refractivity contribution in [2.24, 2.45) is 0 Å². The van der Waals surface area contributed by atoms with E-state index in [1.807, 2.05) is 38.1 Å². The molecule has 1 N–H and O–H groups in total. The summed E-state index contributed by atoms with van der Waals surface area (Å²) >= 11 is 0. The molecule has 0 aliphatic carbocycles. The molecule has 26 heavy (non-hydrogen) atoms. The van der Waals surface area contributed by atoms with Crippen LogP contribution >= 0.6 is 0 Å². The largest absolute Gasteiger partial charge is 0.346 e. The Morgan fingerprint density at radius 1 is 1.12 bits per heavy atom. The highest BCUT2D eigenvalue weighted by atomic mass is 32.2. The second kappa shape index (κ2) is 7.50. The van der Waals surface area contributed by atoms with Crippen molar-refractivity contribution in [1.82, 2.24) is 5.32 Å². The number of hydrogen-bond donors (Lipinski definition) is 1. The molecule has 0 aromatic heterocycles. The SMILES string of the molecule is Cc1ccccc1[C@H](C)NC(=O)c1cccc(N2CCCCS2(=O)=O)c1. The highest BCUT2D eigenvalue weighted by molar-refractivity contribution is 7.92. The van der Waals surface area contributed by atoms with Gasteiger partial charge in [0.05, 0.1) is 17.5 Å². The first-order valence-electron chi connectivity index (χ1n) is 8.85. The fraction of sp³-hybridized carbons (Fsp3) is 0.350. The number of carbonyl (C=O) groups is 1. The van der Waals surface area contributed by atoms with E-state index in [2.05, 4.69) is 5.32 Å². The van der Waals surface area contributed by atoms with Crippen LogP contribution in [0.15, 0.2) is 48.5 Å². The van der Waals surface area contributed by atoms with Gasteiger partial charge in [0.15, 0.2) is 0 Å². The molecule has 0 saturated carbocycles. The quantitative estimate of drug-likeness (QED) is 0.894. The highest BCUT2D eigenvalue weighted by Crippen LogP contribution is 2.25. The van der Waals surface area contributed by atoms with E-state index in [-0.39, 0.29) is 17.7 Å². The Kier molecular flexibility index (Phi) is 5.32. The number of nitrogens with zero attached hydrogens (tertiary/aromatic N) is 1. The van der Waals surface area contributed by atoms with Crippen LogP contribution in [0.4, 0.5) is 5.69 Å². The minimum absolute atomic E-state index is 0.133. The number of amides is 1. The van der Waals surface area contributed by atoms with Gasteiger partial charge in [-0.25, -0.2) is 8.42 Å². The zero-order valence-electron chi connectivity index (χ0n) is 15.1. The summed E-state index contributed by atoms with van der Waals surface area (Å²) in [6.45, 7) is 4.42.